The zero-order valence-electron chi connectivity index (χ0n) is 14.8. The first-order valence-corrected chi connectivity index (χ1v) is 11.2. The number of nitrogens with one attached hydrogen (secondary N) is 1. The van der Waals surface area contributed by atoms with Gasteiger partial charge in [-0.2, -0.15) is 0 Å². The van der Waals surface area contributed by atoms with Crippen molar-refractivity contribution in [1.29, 1.82) is 0 Å². The van der Waals surface area contributed by atoms with Gasteiger partial charge < -0.3 is 14.6 Å². The standard InChI is InChI=1S/C17H23N3O4S2/c1-12(16(21)18-13-7-10-26(22,23)11-13)25-17-19-14-5-3-4-6-15(14)20(17)8-9-24-2/h3-6,12-13H,7-11H2,1-2H3,(H,18,21). The van der Waals surface area contributed by atoms with E-state index in [1.54, 1.807) is 7.11 Å². The number of hydrogen-bond acceptors (Lipinski definition) is 6. The molecule has 3 rings (SSSR count). The van der Waals surface area contributed by atoms with E-state index in [-0.39, 0.29) is 28.7 Å². The molecule has 26 heavy (non-hydrogen) atoms. The van der Waals surface area contributed by atoms with Crippen LogP contribution in [0.5, 0.6) is 0 Å². The highest BCUT2D eigenvalue weighted by atomic mass is 32.2. The molecule has 2 aromatic rings. The Morgan fingerprint density at radius 1 is 1.46 bits per heavy atom. The number of sulfone groups is 1. The third kappa shape index (κ3) is 4.39. The van der Waals surface area contributed by atoms with Crippen LogP contribution in [0.25, 0.3) is 11.0 Å². The van der Waals surface area contributed by atoms with Gasteiger partial charge in [0.2, 0.25) is 5.91 Å². The average Bonchev–Trinajstić information content (AvgIpc) is 3.12. The molecule has 1 amide bonds. The molecule has 1 aliphatic heterocycles. The molecule has 1 fully saturated rings. The molecule has 1 aliphatic rings. The number of ether oxygens (including phenoxy) is 1. The van der Waals surface area contributed by atoms with E-state index < -0.39 is 9.84 Å². The molecule has 1 saturated heterocycles. The van der Waals surface area contributed by atoms with Crippen LogP contribution < -0.4 is 5.32 Å². The van der Waals surface area contributed by atoms with E-state index in [1.807, 2.05) is 35.8 Å². The van der Waals surface area contributed by atoms with Crippen LogP contribution in [0, 0.1) is 0 Å². The first-order chi connectivity index (χ1) is 12.4. The van der Waals surface area contributed by atoms with Gasteiger partial charge >= 0.3 is 0 Å². The Kier molecular flexibility index (Phi) is 5.89. The number of amides is 1. The van der Waals surface area contributed by atoms with Crippen molar-refractivity contribution in [2.75, 3.05) is 25.2 Å². The molecule has 2 unspecified atom stereocenters. The van der Waals surface area contributed by atoms with Gasteiger partial charge in [0, 0.05) is 19.7 Å². The Morgan fingerprint density at radius 3 is 2.92 bits per heavy atom. The van der Waals surface area contributed by atoms with Crippen molar-refractivity contribution in [3.05, 3.63) is 24.3 Å². The summed E-state index contributed by atoms with van der Waals surface area (Å²) in [4.78, 5) is 17.1. The topological polar surface area (TPSA) is 90.3 Å². The minimum Gasteiger partial charge on any atom is -0.383 e. The Hall–Kier alpha value is -1.58. The van der Waals surface area contributed by atoms with Gasteiger partial charge in [-0.05, 0) is 25.5 Å². The number of nitrogens with zero attached hydrogens (tertiary/aromatic N) is 2. The van der Waals surface area contributed by atoms with E-state index in [1.165, 1.54) is 11.8 Å². The summed E-state index contributed by atoms with van der Waals surface area (Å²) in [5.41, 5.74) is 1.88. The largest absolute Gasteiger partial charge is 0.383 e. The molecule has 9 heteroatoms. The maximum atomic E-state index is 12.5. The Morgan fingerprint density at radius 2 is 2.23 bits per heavy atom. The fraction of sp³-hybridized carbons (Fsp3) is 0.529. The number of methoxy groups -OCH3 is 1. The van der Waals surface area contributed by atoms with Crippen LogP contribution >= 0.6 is 11.8 Å². The second-order valence-electron chi connectivity index (χ2n) is 6.40. The fourth-order valence-corrected chi connectivity index (χ4v) is 5.61. The Bertz CT molecular complexity index is 895. The Labute approximate surface area is 157 Å². The molecule has 0 spiro atoms. The average molecular weight is 398 g/mol. The molecular formula is C17H23N3O4S2. The third-order valence-corrected chi connectivity index (χ3v) is 7.23. The highest BCUT2D eigenvalue weighted by Gasteiger charge is 2.30. The number of aromatic nitrogens is 2. The molecular weight excluding hydrogens is 374 g/mol. The van der Waals surface area contributed by atoms with Gasteiger partial charge in [0.15, 0.2) is 15.0 Å². The number of carbonyl (C=O) groups excluding carboxylic acids is 1. The summed E-state index contributed by atoms with van der Waals surface area (Å²) in [6.07, 6.45) is 0.484. The number of thioether (sulfide) groups is 1. The van der Waals surface area contributed by atoms with Crippen molar-refractivity contribution in [2.24, 2.45) is 0 Å². The summed E-state index contributed by atoms with van der Waals surface area (Å²) in [6, 6.07) is 7.54. The second-order valence-corrected chi connectivity index (χ2v) is 9.93. The SMILES string of the molecule is COCCn1c(SC(C)C(=O)NC2CCS(=O)(=O)C2)nc2ccccc21. The van der Waals surface area contributed by atoms with Crippen LogP contribution in [-0.4, -0.2) is 60.4 Å². The zero-order valence-corrected chi connectivity index (χ0v) is 16.5. The van der Waals surface area contributed by atoms with Crippen LogP contribution in [0.2, 0.25) is 0 Å². The first kappa shape index (κ1) is 19.2. The normalized spacial score (nSPS) is 20.3. The molecule has 1 aromatic carbocycles. The maximum Gasteiger partial charge on any atom is 0.233 e. The number of hydrogen-bond donors (Lipinski definition) is 1. The van der Waals surface area contributed by atoms with Crippen LogP contribution in [0.4, 0.5) is 0 Å². The van der Waals surface area contributed by atoms with Crippen molar-refractivity contribution in [1.82, 2.24) is 14.9 Å². The van der Waals surface area contributed by atoms with Gasteiger partial charge in [0.05, 0.1) is 34.4 Å². The van der Waals surface area contributed by atoms with E-state index >= 15 is 0 Å². The highest BCUT2D eigenvalue weighted by Crippen LogP contribution is 2.27. The van der Waals surface area contributed by atoms with Gasteiger partial charge in [-0.25, -0.2) is 13.4 Å². The summed E-state index contributed by atoms with van der Waals surface area (Å²) in [7, 11) is -1.36. The summed E-state index contributed by atoms with van der Waals surface area (Å²) in [5.74, 6) is 0.0110. The summed E-state index contributed by atoms with van der Waals surface area (Å²) >= 11 is 1.37. The number of carbonyl (C=O) groups is 1. The van der Waals surface area contributed by atoms with E-state index in [2.05, 4.69) is 10.3 Å². The van der Waals surface area contributed by atoms with Crippen LogP contribution in [0.1, 0.15) is 13.3 Å². The minimum absolute atomic E-state index is 0.0302. The van der Waals surface area contributed by atoms with Crippen LogP contribution in [-0.2, 0) is 25.9 Å². The van der Waals surface area contributed by atoms with Crippen molar-refractivity contribution >= 4 is 38.5 Å². The maximum absolute atomic E-state index is 12.5. The summed E-state index contributed by atoms with van der Waals surface area (Å²) < 4.78 is 30.3. The van der Waals surface area contributed by atoms with E-state index in [0.29, 0.717) is 19.6 Å². The lowest BCUT2D eigenvalue weighted by atomic mass is 10.2. The first-order valence-electron chi connectivity index (χ1n) is 8.51. The lowest BCUT2D eigenvalue weighted by Gasteiger charge is -2.16. The summed E-state index contributed by atoms with van der Waals surface area (Å²) in [6.45, 7) is 3.01. The molecule has 0 bridgehead atoms. The van der Waals surface area contributed by atoms with E-state index in [4.69, 9.17) is 4.74 Å². The molecule has 2 heterocycles. The molecule has 0 aliphatic carbocycles. The smallest absolute Gasteiger partial charge is 0.233 e. The lowest BCUT2D eigenvalue weighted by molar-refractivity contribution is -0.120. The van der Waals surface area contributed by atoms with Crippen molar-refractivity contribution in [2.45, 2.75) is 36.3 Å². The van der Waals surface area contributed by atoms with Crippen molar-refractivity contribution in [3.8, 4) is 0 Å². The Balaban J connectivity index is 1.72. The van der Waals surface area contributed by atoms with Gasteiger partial charge in [0.1, 0.15) is 0 Å². The third-order valence-electron chi connectivity index (χ3n) is 4.37. The minimum atomic E-state index is -3.01. The fourth-order valence-electron chi connectivity index (χ4n) is 2.98. The van der Waals surface area contributed by atoms with Gasteiger partial charge in [-0.3, -0.25) is 4.79 Å². The highest BCUT2D eigenvalue weighted by molar-refractivity contribution is 8.00. The lowest BCUT2D eigenvalue weighted by Crippen LogP contribution is -2.40. The molecule has 2 atom stereocenters. The number of imidazole rings is 1. The monoisotopic (exact) mass is 397 g/mol. The molecule has 142 valence electrons. The van der Waals surface area contributed by atoms with Gasteiger partial charge in [-0.1, -0.05) is 23.9 Å². The van der Waals surface area contributed by atoms with Crippen LogP contribution in [0.15, 0.2) is 29.4 Å². The number of rotatable bonds is 7. The zero-order chi connectivity index (χ0) is 18.7. The predicted molar refractivity (Wildman–Crippen MR) is 102 cm³/mol. The molecule has 0 radical (unpaired) electrons. The summed E-state index contributed by atoms with van der Waals surface area (Å²) in [5, 5.41) is 3.23. The van der Waals surface area contributed by atoms with Crippen LogP contribution in [0.3, 0.4) is 0 Å². The van der Waals surface area contributed by atoms with Gasteiger partial charge in [0.25, 0.3) is 0 Å². The molecule has 0 saturated carbocycles. The second kappa shape index (κ2) is 7.98. The van der Waals surface area contributed by atoms with E-state index in [9.17, 15) is 13.2 Å². The molecule has 1 aromatic heterocycles. The quantitative estimate of drug-likeness (QED) is 0.712. The predicted octanol–water partition coefficient (Wildman–Crippen LogP) is 1.47. The van der Waals surface area contributed by atoms with Crippen molar-refractivity contribution in [3.63, 3.8) is 0 Å². The van der Waals surface area contributed by atoms with E-state index in [0.717, 1.165) is 16.2 Å². The molecule has 1 N–H and O–H groups in total. The number of fused-ring (bicyclic) bond motifs is 1. The number of para-hydroxylation sites is 2. The van der Waals surface area contributed by atoms with Gasteiger partial charge in [-0.15, -0.1) is 0 Å². The molecule has 7 nitrogen and oxygen atoms in total. The van der Waals surface area contributed by atoms with Crippen molar-refractivity contribution < 1.29 is 17.9 Å². The number of benzene rings is 1.